The molecule has 0 nitrogen and oxygen atoms in total. The molecule has 0 saturated heterocycles. The van der Waals surface area contributed by atoms with Gasteiger partial charge in [-0.2, -0.15) is 0 Å². The molecular weight excluding hydrogens is 180 g/mol. The van der Waals surface area contributed by atoms with Crippen LogP contribution < -0.4 is 0 Å². The molecule has 0 saturated carbocycles. The first kappa shape index (κ1) is 13.3. The van der Waals surface area contributed by atoms with Gasteiger partial charge in [-0.05, 0) is 31.1 Å². The van der Waals surface area contributed by atoms with Crippen molar-refractivity contribution in [3.63, 3.8) is 0 Å². The number of hydrogen-bond donors (Lipinski definition) is 0. The summed E-state index contributed by atoms with van der Waals surface area (Å²) in [4.78, 5) is -0.0250. The van der Waals surface area contributed by atoms with E-state index in [4.69, 9.17) is 11.6 Å². The Balaban J connectivity index is 4.11. The first-order valence-electron chi connectivity index (χ1n) is 5.50. The lowest BCUT2D eigenvalue weighted by Crippen LogP contribution is -2.28. The van der Waals surface area contributed by atoms with Gasteiger partial charge >= 0.3 is 0 Å². The minimum atomic E-state index is -0.0250. The van der Waals surface area contributed by atoms with Gasteiger partial charge in [0.05, 0.1) is 0 Å². The van der Waals surface area contributed by atoms with Gasteiger partial charge in [0.1, 0.15) is 0 Å². The van der Waals surface area contributed by atoms with E-state index < -0.39 is 0 Å². The highest BCUT2D eigenvalue weighted by atomic mass is 35.5. The number of hydrogen-bond acceptors (Lipinski definition) is 0. The maximum absolute atomic E-state index is 6.47. The van der Waals surface area contributed by atoms with Crippen LogP contribution in [-0.4, -0.2) is 4.87 Å². The van der Waals surface area contributed by atoms with E-state index in [-0.39, 0.29) is 4.87 Å². The second-order valence-electron chi connectivity index (χ2n) is 5.00. The van der Waals surface area contributed by atoms with E-state index in [1.807, 2.05) is 0 Å². The van der Waals surface area contributed by atoms with Crippen molar-refractivity contribution in [3.05, 3.63) is 0 Å². The van der Waals surface area contributed by atoms with Gasteiger partial charge in [-0.1, -0.05) is 41.0 Å². The fourth-order valence-electron chi connectivity index (χ4n) is 1.47. The molecule has 0 rings (SSSR count). The molecule has 13 heavy (non-hydrogen) atoms. The van der Waals surface area contributed by atoms with Crippen LogP contribution in [0.3, 0.4) is 0 Å². The van der Waals surface area contributed by atoms with Crippen molar-refractivity contribution in [2.45, 2.75) is 59.3 Å². The van der Waals surface area contributed by atoms with E-state index in [1.165, 1.54) is 6.42 Å². The molecule has 80 valence electrons. The Morgan fingerprint density at radius 1 is 1.08 bits per heavy atom. The Kier molecular flexibility index (Phi) is 5.36. The molecule has 0 N–H and O–H groups in total. The molecule has 0 bridgehead atoms. The molecular formula is C12H25Cl. The predicted octanol–water partition coefficient (Wildman–Crippen LogP) is 4.71. The zero-order chi connectivity index (χ0) is 10.6. The van der Waals surface area contributed by atoms with Crippen molar-refractivity contribution in [2.75, 3.05) is 0 Å². The van der Waals surface area contributed by atoms with Crippen LogP contribution in [-0.2, 0) is 0 Å². The smallest absolute Gasteiger partial charge is 0.0444 e. The van der Waals surface area contributed by atoms with Gasteiger partial charge in [0, 0.05) is 4.87 Å². The van der Waals surface area contributed by atoms with Gasteiger partial charge in [0.25, 0.3) is 0 Å². The molecule has 3 atom stereocenters. The maximum atomic E-state index is 6.47. The van der Waals surface area contributed by atoms with E-state index in [0.29, 0.717) is 5.92 Å². The fourth-order valence-corrected chi connectivity index (χ4v) is 1.71. The number of rotatable bonds is 5. The van der Waals surface area contributed by atoms with Crippen LogP contribution in [0.4, 0.5) is 0 Å². The molecule has 0 amide bonds. The molecule has 0 aliphatic rings. The summed E-state index contributed by atoms with van der Waals surface area (Å²) in [7, 11) is 0. The Bertz CT molecular complexity index is 138. The Hall–Kier alpha value is 0.290. The molecule has 0 radical (unpaired) electrons. The van der Waals surface area contributed by atoms with E-state index in [9.17, 15) is 0 Å². The van der Waals surface area contributed by atoms with Crippen molar-refractivity contribution in [3.8, 4) is 0 Å². The van der Waals surface area contributed by atoms with E-state index in [1.54, 1.807) is 0 Å². The average molecular weight is 205 g/mol. The highest BCUT2D eigenvalue weighted by molar-refractivity contribution is 6.23. The van der Waals surface area contributed by atoms with Gasteiger partial charge in [-0.25, -0.2) is 0 Å². The summed E-state index contributed by atoms with van der Waals surface area (Å²) in [6.45, 7) is 13.5. The molecule has 0 heterocycles. The third kappa shape index (κ3) is 4.35. The molecule has 0 aliphatic heterocycles. The van der Waals surface area contributed by atoms with Crippen LogP contribution in [0, 0.1) is 17.8 Å². The van der Waals surface area contributed by atoms with E-state index in [2.05, 4.69) is 41.5 Å². The summed E-state index contributed by atoms with van der Waals surface area (Å²) in [5.41, 5.74) is 0. The molecule has 0 fully saturated rings. The van der Waals surface area contributed by atoms with E-state index >= 15 is 0 Å². The maximum Gasteiger partial charge on any atom is 0.0444 e. The predicted molar refractivity (Wildman–Crippen MR) is 62.3 cm³/mol. The lowest BCUT2D eigenvalue weighted by atomic mass is 9.81. The summed E-state index contributed by atoms with van der Waals surface area (Å²) < 4.78 is 0. The largest absolute Gasteiger partial charge is 0.119 e. The molecule has 0 aromatic rings. The van der Waals surface area contributed by atoms with E-state index in [0.717, 1.165) is 18.3 Å². The molecule has 1 heteroatoms. The van der Waals surface area contributed by atoms with Crippen LogP contribution in [0.1, 0.15) is 54.4 Å². The van der Waals surface area contributed by atoms with Gasteiger partial charge in [0.2, 0.25) is 0 Å². The van der Waals surface area contributed by atoms with Crippen molar-refractivity contribution < 1.29 is 0 Å². The third-order valence-corrected chi connectivity index (χ3v) is 4.13. The molecule has 3 unspecified atom stereocenters. The first-order chi connectivity index (χ1) is 5.81. The van der Waals surface area contributed by atoms with Crippen LogP contribution in [0.15, 0.2) is 0 Å². The lowest BCUT2D eigenvalue weighted by molar-refractivity contribution is 0.286. The van der Waals surface area contributed by atoms with Crippen molar-refractivity contribution >= 4 is 11.6 Å². The zero-order valence-corrected chi connectivity index (χ0v) is 10.8. The molecule has 0 aliphatic carbocycles. The summed E-state index contributed by atoms with van der Waals surface area (Å²) in [5.74, 6) is 2.08. The summed E-state index contributed by atoms with van der Waals surface area (Å²) in [6.07, 6.45) is 2.38. The minimum Gasteiger partial charge on any atom is -0.119 e. The Morgan fingerprint density at radius 2 is 1.54 bits per heavy atom. The van der Waals surface area contributed by atoms with Crippen LogP contribution >= 0.6 is 11.6 Å². The topological polar surface area (TPSA) is 0 Å². The highest BCUT2D eigenvalue weighted by Crippen LogP contribution is 2.34. The SMILES string of the molecule is CCC(C)C(C)CC(C)(Cl)C(C)C. The average Bonchev–Trinajstić information content (AvgIpc) is 2.01. The summed E-state index contributed by atoms with van der Waals surface area (Å²) in [6, 6.07) is 0. The normalized spacial score (nSPS) is 21.2. The van der Waals surface area contributed by atoms with Crippen molar-refractivity contribution in [2.24, 2.45) is 17.8 Å². The van der Waals surface area contributed by atoms with Gasteiger partial charge in [-0.3, -0.25) is 0 Å². The second kappa shape index (κ2) is 5.24. The molecule has 0 spiro atoms. The standard InChI is InChI=1S/C12H25Cl/c1-7-10(4)11(5)8-12(6,13)9(2)3/h9-11H,7-8H2,1-6H3. The molecule has 0 aromatic heterocycles. The number of halogens is 1. The summed E-state index contributed by atoms with van der Waals surface area (Å²) >= 11 is 6.47. The quantitative estimate of drug-likeness (QED) is 0.569. The Morgan fingerprint density at radius 3 is 1.85 bits per heavy atom. The van der Waals surface area contributed by atoms with Gasteiger partial charge in [-0.15, -0.1) is 11.6 Å². The first-order valence-corrected chi connectivity index (χ1v) is 5.88. The second-order valence-corrected chi connectivity index (χ2v) is 5.86. The van der Waals surface area contributed by atoms with Crippen LogP contribution in [0.2, 0.25) is 0 Å². The van der Waals surface area contributed by atoms with Crippen LogP contribution in [0.25, 0.3) is 0 Å². The van der Waals surface area contributed by atoms with Crippen molar-refractivity contribution in [1.82, 2.24) is 0 Å². The monoisotopic (exact) mass is 204 g/mol. The summed E-state index contributed by atoms with van der Waals surface area (Å²) in [5, 5.41) is 0. The van der Waals surface area contributed by atoms with Gasteiger partial charge in [0.15, 0.2) is 0 Å². The third-order valence-electron chi connectivity index (χ3n) is 3.54. The van der Waals surface area contributed by atoms with Crippen LogP contribution in [0.5, 0.6) is 0 Å². The fraction of sp³-hybridized carbons (Fsp3) is 1.00. The lowest BCUT2D eigenvalue weighted by Gasteiger charge is -2.31. The Labute approximate surface area is 89.1 Å². The zero-order valence-electron chi connectivity index (χ0n) is 10.0. The number of alkyl halides is 1. The minimum absolute atomic E-state index is 0.0250. The van der Waals surface area contributed by atoms with Gasteiger partial charge < -0.3 is 0 Å². The molecule has 0 aromatic carbocycles. The highest BCUT2D eigenvalue weighted by Gasteiger charge is 2.28. The van der Waals surface area contributed by atoms with Crippen molar-refractivity contribution in [1.29, 1.82) is 0 Å².